The van der Waals surface area contributed by atoms with Crippen LogP contribution in [0.4, 0.5) is 4.39 Å². The molecule has 0 saturated carbocycles. The van der Waals surface area contributed by atoms with Crippen LogP contribution in [0.5, 0.6) is 11.5 Å². The Morgan fingerprint density at radius 3 is 2.46 bits per heavy atom. The third-order valence-corrected chi connectivity index (χ3v) is 7.88. The molecular weight excluding hydrogens is 587 g/mol. The van der Waals surface area contributed by atoms with Crippen LogP contribution in [-0.2, 0) is 6.61 Å². The van der Waals surface area contributed by atoms with Crippen molar-refractivity contribution in [2.45, 2.75) is 44.7 Å². The summed E-state index contributed by atoms with van der Waals surface area (Å²) >= 11 is 4.84. The fourth-order valence-corrected chi connectivity index (χ4v) is 5.70. The van der Waals surface area contributed by atoms with Gasteiger partial charge in [0.15, 0.2) is 16.7 Å². The van der Waals surface area contributed by atoms with Gasteiger partial charge in [0.25, 0.3) is 0 Å². The molecule has 3 aromatic carbocycles. The first-order valence-electron chi connectivity index (χ1n) is 12.3. The summed E-state index contributed by atoms with van der Waals surface area (Å²) in [6, 6.07) is 15.7. The van der Waals surface area contributed by atoms with Gasteiger partial charge in [0.2, 0.25) is 6.54 Å². The average molecular weight is 616 g/mol. The maximum Gasteiger partial charge on any atom is 0.220 e. The molecule has 0 fully saturated rings. The van der Waals surface area contributed by atoms with E-state index in [0.717, 1.165) is 16.8 Å². The summed E-state index contributed by atoms with van der Waals surface area (Å²) in [5, 5.41) is 20.3. The number of ether oxygens (including phenoxy) is 2. The lowest BCUT2D eigenvalue weighted by Crippen LogP contribution is -2.12. The van der Waals surface area contributed by atoms with E-state index in [2.05, 4.69) is 32.2 Å². The van der Waals surface area contributed by atoms with E-state index in [0.29, 0.717) is 39.1 Å². The van der Waals surface area contributed by atoms with Crippen molar-refractivity contribution in [1.82, 2.24) is 14.8 Å². The molecule has 204 valence electrons. The number of hydrogen-bond donors (Lipinski definition) is 0. The van der Waals surface area contributed by atoms with Gasteiger partial charge in [-0.25, -0.2) is 4.39 Å². The van der Waals surface area contributed by atoms with Crippen molar-refractivity contribution in [2.24, 2.45) is 0 Å². The minimum atomic E-state index is -0.587. The number of hydrogen-bond acceptors (Lipinski definition) is 7. The first-order chi connectivity index (χ1) is 18.7. The standard InChI is InChI=1S/C28H28BrFN4O4S/c1-5-37-25-14-21(13-24(29)27(25)38-16-20-7-9-22(30)10-8-20)26(15-33(35)36)39-28-32-31-19(4)34(28)23-11-6-17(2)18(3)12-23/h6-14,26H,5,15-16H2,1-4H3/t26-/m1/s1. The molecule has 4 rings (SSSR count). The second kappa shape index (κ2) is 12.6. The molecule has 0 aliphatic rings. The molecule has 11 heteroatoms. The maximum absolute atomic E-state index is 13.3. The highest BCUT2D eigenvalue weighted by Gasteiger charge is 2.26. The molecule has 1 aromatic heterocycles. The zero-order valence-corrected chi connectivity index (χ0v) is 24.4. The molecule has 0 N–H and O–H groups in total. The van der Waals surface area contributed by atoms with Crippen LogP contribution in [0, 0.1) is 36.7 Å². The number of halogens is 2. The van der Waals surface area contributed by atoms with E-state index < -0.39 is 5.25 Å². The van der Waals surface area contributed by atoms with Crippen LogP contribution < -0.4 is 9.47 Å². The van der Waals surface area contributed by atoms with E-state index in [-0.39, 0.29) is 23.9 Å². The Labute approximate surface area is 238 Å². The molecule has 0 amide bonds. The van der Waals surface area contributed by atoms with Crippen LogP contribution >= 0.6 is 27.7 Å². The fourth-order valence-electron chi connectivity index (χ4n) is 3.97. The van der Waals surface area contributed by atoms with E-state index in [1.54, 1.807) is 24.3 Å². The van der Waals surface area contributed by atoms with E-state index in [4.69, 9.17) is 9.47 Å². The van der Waals surface area contributed by atoms with Crippen LogP contribution in [0.15, 0.2) is 64.2 Å². The second-order valence-electron chi connectivity index (χ2n) is 8.93. The van der Waals surface area contributed by atoms with Gasteiger partial charge < -0.3 is 9.47 Å². The molecule has 8 nitrogen and oxygen atoms in total. The molecule has 0 aliphatic carbocycles. The molecule has 4 aromatic rings. The lowest BCUT2D eigenvalue weighted by Gasteiger charge is -2.19. The molecule has 0 bridgehead atoms. The Balaban J connectivity index is 1.67. The number of thioether (sulfide) groups is 1. The lowest BCUT2D eigenvalue weighted by atomic mass is 10.1. The van der Waals surface area contributed by atoms with Gasteiger partial charge in [0.05, 0.1) is 11.1 Å². The van der Waals surface area contributed by atoms with Crippen LogP contribution in [0.25, 0.3) is 5.69 Å². The van der Waals surface area contributed by atoms with Gasteiger partial charge in [0, 0.05) is 10.6 Å². The Morgan fingerprint density at radius 2 is 1.79 bits per heavy atom. The molecule has 0 radical (unpaired) electrons. The van der Waals surface area contributed by atoms with E-state index in [1.165, 1.54) is 29.5 Å². The number of aryl methyl sites for hydroxylation is 3. The largest absolute Gasteiger partial charge is 0.490 e. The van der Waals surface area contributed by atoms with E-state index in [9.17, 15) is 14.5 Å². The Morgan fingerprint density at radius 1 is 1.05 bits per heavy atom. The number of rotatable bonds is 11. The summed E-state index contributed by atoms with van der Waals surface area (Å²) in [6.07, 6.45) is 0. The zero-order chi connectivity index (χ0) is 28.1. The number of nitro groups is 1. The van der Waals surface area contributed by atoms with Crippen molar-refractivity contribution in [2.75, 3.05) is 13.2 Å². The van der Waals surface area contributed by atoms with Gasteiger partial charge in [-0.05, 0) is 102 Å². The van der Waals surface area contributed by atoms with Crippen molar-refractivity contribution in [3.63, 3.8) is 0 Å². The summed E-state index contributed by atoms with van der Waals surface area (Å²) in [5.74, 6) is 1.27. The molecule has 39 heavy (non-hydrogen) atoms. The Hall–Kier alpha value is -3.44. The van der Waals surface area contributed by atoms with Crippen molar-refractivity contribution in [3.8, 4) is 17.2 Å². The Kier molecular flexibility index (Phi) is 9.24. The zero-order valence-electron chi connectivity index (χ0n) is 22.0. The maximum atomic E-state index is 13.3. The van der Waals surface area contributed by atoms with Crippen molar-refractivity contribution >= 4 is 27.7 Å². The van der Waals surface area contributed by atoms with Crippen LogP contribution in [0.3, 0.4) is 0 Å². The monoisotopic (exact) mass is 614 g/mol. The Bertz CT molecular complexity index is 1480. The predicted molar refractivity (Wildman–Crippen MR) is 152 cm³/mol. The fraction of sp³-hybridized carbons (Fsp3) is 0.286. The van der Waals surface area contributed by atoms with Gasteiger partial charge in [-0.1, -0.05) is 30.0 Å². The van der Waals surface area contributed by atoms with Crippen molar-refractivity contribution < 1.29 is 18.8 Å². The highest BCUT2D eigenvalue weighted by molar-refractivity contribution is 9.10. The normalized spacial score (nSPS) is 11.8. The molecule has 0 saturated heterocycles. The quantitative estimate of drug-likeness (QED) is 0.100. The number of benzene rings is 3. The van der Waals surface area contributed by atoms with E-state index in [1.807, 2.05) is 44.4 Å². The van der Waals surface area contributed by atoms with Crippen LogP contribution in [0.1, 0.15) is 40.3 Å². The van der Waals surface area contributed by atoms with Crippen LogP contribution in [-0.4, -0.2) is 32.8 Å². The number of aromatic nitrogens is 3. The highest BCUT2D eigenvalue weighted by Crippen LogP contribution is 2.43. The molecule has 0 aliphatic heterocycles. The third-order valence-electron chi connectivity index (χ3n) is 6.11. The van der Waals surface area contributed by atoms with Gasteiger partial charge in [-0.2, -0.15) is 0 Å². The predicted octanol–water partition coefficient (Wildman–Crippen LogP) is 7.18. The van der Waals surface area contributed by atoms with Gasteiger partial charge in [-0.15, -0.1) is 10.2 Å². The summed E-state index contributed by atoms with van der Waals surface area (Å²) in [7, 11) is 0. The average Bonchev–Trinajstić information content (AvgIpc) is 3.25. The topological polar surface area (TPSA) is 92.3 Å². The SMILES string of the molecule is CCOc1cc([C@@H](C[N+](=O)[O-])Sc2nnc(C)n2-c2ccc(C)c(C)c2)cc(Br)c1OCc1ccc(F)cc1. The highest BCUT2D eigenvalue weighted by atomic mass is 79.9. The molecular formula is C28H28BrFN4O4S. The van der Waals surface area contributed by atoms with Gasteiger partial charge in [-0.3, -0.25) is 14.7 Å². The van der Waals surface area contributed by atoms with E-state index >= 15 is 0 Å². The lowest BCUT2D eigenvalue weighted by molar-refractivity contribution is -0.479. The minimum Gasteiger partial charge on any atom is -0.490 e. The third kappa shape index (κ3) is 6.96. The first kappa shape index (κ1) is 28.6. The van der Waals surface area contributed by atoms with Crippen molar-refractivity contribution in [1.29, 1.82) is 0 Å². The minimum absolute atomic E-state index is 0.198. The van der Waals surface area contributed by atoms with Gasteiger partial charge in [0.1, 0.15) is 23.5 Å². The second-order valence-corrected chi connectivity index (χ2v) is 11.0. The summed E-state index contributed by atoms with van der Waals surface area (Å²) in [4.78, 5) is 11.4. The first-order valence-corrected chi connectivity index (χ1v) is 13.9. The van der Waals surface area contributed by atoms with Crippen LogP contribution in [0.2, 0.25) is 0 Å². The molecule has 0 spiro atoms. The summed E-state index contributed by atoms with van der Waals surface area (Å²) in [5.41, 5.74) is 4.65. The molecule has 1 atom stereocenters. The van der Waals surface area contributed by atoms with Crippen molar-refractivity contribution in [3.05, 3.63) is 103 Å². The summed E-state index contributed by atoms with van der Waals surface area (Å²) < 4.78 is 27.7. The van der Waals surface area contributed by atoms with Gasteiger partial charge >= 0.3 is 0 Å². The molecule has 0 unspecified atom stereocenters. The number of nitrogens with zero attached hydrogens (tertiary/aromatic N) is 4. The smallest absolute Gasteiger partial charge is 0.220 e. The molecule has 1 heterocycles. The summed E-state index contributed by atoms with van der Waals surface area (Å²) in [6.45, 7) is 8.01.